The number of carbonyl (C=O) groups is 3. The minimum Gasteiger partial charge on any atom is -0.484 e. The van der Waals surface area contributed by atoms with Gasteiger partial charge in [0, 0.05) is 11.4 Å². The normalized spacial score (nSPS) is 10.6. The summed E-state index contributed by atoms with van der Waals surface area (Å²) in [6.45, 7) is 5.83. The number of amides is 3. The molecule has 0 aromatic heterocycles. The SMILES string of the molecule is CCc1ccc(NC(=O)COc2ccc(/C=N\NC(=O)C(=O)Nc3ccc(C)c(C)c3)cc2)cc1. The fourth-order valence-electron chi connectivity index (χ4n) is 3.04. The molecule has 0 saturated heterocycles. The largest absolute Gasteiger partial charge is 0.484 e. The van der Waals surface area contributed by atoms with Crippen molar-refractivity contribution in [2.24, 2.45) is 5.10 Å². The minimum atomic E-state index is -0.880. The van der Waals surface area contributed by atoms with Crippen molar-refractivity contribution >= 4 is 35.3 Å². The first-order valence-electron chi connectivity index (χ1n) is 11.2. The first-order valence-corrected chi connectivity index (χ1v) is 11.2. The summed E-state index contributed by atoms with van der Waals surface area (Å²) in [6, 6.07) is 19.8. The lowest BCUT2D eigenvalue weighted by Crippen LogP contribution is -2.32. The molecule has 0 aliphatic carbocycles. The lowest BCUT2D eigenvalue weighted by molar-refractivity contribution is -0.136. The highest BCUT2D eigenvalue weighted by Gasteiger charge is 2.13. The van der Waals surface area contributed by atoms with Gasteiger partial charge in [-0.05, 0) is 91.1 Å². The second-order valence-electron chi connectivity index (χ2n) is 7.91. The monoisotopic (exact) mass is 472 g/mol. The zero-order valence-electron chi connectivity index (χ0n) is 19.9. The molecule has 0 unspecified atom stereocenters. The number of aryl methyl sites for hydroxylation is 3. The molecule has 0 radical (unpaired) electrons. The highest BCUT2D eigenvalue weighted by molar-refractivity contribution is 6.39. The van der Waals surface area contributed by atoms with Crippen LogP contribution < -0.4 is 20.8 Å². The van der Waals surface area contributed by atoms with E-state index in [1.165, 1.54) is 11.8 Å². The molecule has 0 bridgehead atoms. The molecule has 0 fully saturated rings. The van der Waals surface area contributed by atoms with E-state index in [2.05, 4.69) is 28.1 Å². The van der Waals surface area contributed by atoms with Crippen molar-refractivity contribution in [1.29, 1.82) is 0 Å². The zero-order valence-corrected chi connectivity index (χ0v) is 19.9. The number of benzene rings is 3. The van der Waals surface area contributed by atoms with Gasteiger partial charge in [0.15, 0.2) is 6.61 Å². The second-order valence-corrected chi connectivity index (χ2v) is 7.91. The fraction of sp³-hybridized carbons (Fsp3) is 0.185. The number of hydrogen-bond acceptors (Lipinski definition) is 5. The number of hydrazone groups is 1. The second kappa shape index (κ2) is 12.1. The van der Waals surface area contributed by atoms with Crippen molar-refractivity contribution in [1.82, 2.24) is 5.43 Å². The summed E-state index contributed by atoms with van der Waals surface area (Å²) in [6.07, 6.45) is 2.34. The molecule has 180 valence electrons. The molecule has 0 aliphatic heterocycles. The fourth-order valence-corrected chi connectivity index (χ4v) is 3.04. The molecule has 0 atom stereocenters. The summed E-state index contributed by atoms with van der Waals surface area (Å²) in [5.41, 5.74) is 7.42. The van der Waals surface area contributed by atoms with E-state index in [1.54, 1.807) is 36.4 Å². The Morgan fingerprint density at radius 3 is 2.17 bits per heavy atom. The minimum absolute atomic E-state index is 0.130. The van der Waals surface area contributed by atoms with Gasteiger partial charge in [0.05, 0.1) is 6.21 Å². The number of carbonyl (C=O) groups excluding carboxylic acids is 3. The van der Waals surface area contributed by atoms with E-state index in [4.69, 9.17) is 4.74 Å². The molecule has 3 aromatic carbocycles. The molecule has 0 saturated carbocycles. The van der Waals surface area contributed by atoms with Gasteiger partial charge in [-0.15, -0.1) is 0 Å². The van der Waals surface area contributed by atoms with Crippen LogP contribution in [0, 0.1) is 13.8 Å². The van der Waals surface area contributed by atoms with Crippen molar-refractivity contribution in [3.05, 3.63) is 89.0 Å². The first-order chi connectivity index (χ1) is 16.8. The number of rotatable bonds is 8. The van der Waals surface area contributed by atoms with Gasteiger partial charge >= 0.3 is 11.8 Å². The molecular weight excluding hydrogens is 444 g/mol. The number of ether oxygens (including phenoxy) is 1. The van der Waals surface area contributed by atoms with E-state index in [0.29, 0.717) is 22.7 Å². The molecular formula is C27H28N4O4. The van der Waals surface area contributed by atoms with E-state index in [-0.39, 0.29) is 12.5 Å². The van der Waals surface area contributed by atoms with Crippen LogP contribution in [0.2, 0.25) is 0 Å². The summed E-state index contributed by atoms with van der Waals surface area (Å²) in [5.74, 6) is -1.44. The van der Waals surface area contributed by atoms with Crippen LogP contribution in [-0.2, 0) is 20.8 Å². The Labute approximate surface area is 204 Å². The van der Waals surface area contributed by atoms with Crippen molar-refractivity contribution < 1.29 is 19.1 Å². The molecule has 0 spiro atoms. The van der Waals surface area contributed by atoms with Crippen molar-refractivity contribution in [3.63, 3.8) is 0 Å². The lowest BCUT2D eigenvalue weighted by Gasteiger charge is -2.08. The Balaban J connectivity index is 1.42. The van der Waals surface area contributed by atoms with E-state index in [9.17, 15) is 14.4 Å². The molecule has 35 heavy (non-hydrogen) atoms. The Morgan fingerprint density at radius 1 is 0.829 bits per heavy atom. The third kappa shape index (κ3) is 7.82. The molecule has 0 aliphatic rings. The quantitative estimate of drug-likeness (QED) is 0.262. The predicted octanol–water partition coefficient (Wildman–Crippen LogP) is 3.97. The van der Waals surface area contributed by atoms with Crippen LogP contribution in [-0.4, -0.2) is 30.5 Å². The van der Waals surface area contributed by atoms with Gasteiger partial charge in [-0.25, -0.2) is 5.43 Å². The number of nitrogens with one attached hydrogen (secondary N) is 3. The first kappa shape index (κ1) is 25.2. The maximum absolute atomic E-state index is 12.1. The van der Waals surface area contributed by atoms with Crippen LogP contribution in [0.1, 0.15) is 29.2 Å². The van der Waals surface area contributed by atoms with Gasteiger partial charge in [-0.1, -0.05) is 25.1 Å². The van der Waals surface area contributed by atoms with Crippen LogP contribution in [0.4, 0.5) is 11.4 Å². The van der Waals surface area contributed by atoms with E-state index in [0.717, 1.165) is 17.5 Å². The van der Waals surface area contributed by atoms with Crippen LogP contribution in [0.3, 0.4) is 0 Å². The summed E-state index contributed by atoms with van der Waals surface area (Å²) < 4.78 is 5.51. The Morgan fingerprint density at radius 2 is 1.51 bits per heavy atom. The van der Waals surface area contributed by atoms with Crippen LogP contribution in [0.25, 0.3) is 0 Å². The molecule has 3 amide bonds. The smallest absolute Gasteiger partial charge is 0.329 e. The number of anilines is 2. The van der Waals surface area contributed by atoms with Crippen LogP contribution in [0.5, 0.6) is 5.75 Å². The Kier molecular flexibility index (Phi) is 8.72. The molecule has 8 heteroatoms. The predicted molar refractivity (Wildman–Crippen MR) is 137 cm³/mol. The highest BCUT2D eigenvalue weighted by Crippen LogP contribution is 2.14. The topological polar surface area (TPSA) is 109 Å². The average Bonchev–Trinajstić information content (AvgIpc) is 2.86. The van der Waals surface area contributed by atoms with Gasteiger partial charge < -0.3 is 15.4 Å². The van der Waals surface area contributed by atoms with E-state index >= 15 is 0 Å². The average molecular weight is 473 g/mol. The van der Waals surface area contributed by atoms with Crippen LogP contribution >= 0.6 is 0 Å². The standard InChI is InChI=1S/C27H28N4O4/c1-4-20-6-11-22(12-7-20)29-25(32)17-35-24-13-8-21(9-14-24)16-28-31-27(34)26(33)30-23-10-5-18(2)19(3)15-23/h5-16H,4,17H2,1-3H3,(H,29,32)(H,30,33)(H,31,34)/b28-16-. The van der Waals surface area contributed by atoms with Gasteiger partial charge in [-0.2, -0.15) is 5.10 Å². The highest BCUT2D eigenvalue weighted by atomic mass is 16.5. The lowest BCUT2D eigenvalue weighted by atomic mass is 10.1. The maximum atomic E-state index is 12.1. The number of nitrogens with zero attached hydrogens (tertiary/aromatic N) is 1. The van der Waals surface area contributed by atoms with Gasteiger partial charge in [0.1, 0.15) is 5.75 Å². The van der Waals surface area contributed by atoms with Crippen molar-refractivity contribution in [2.45, 2.75) is 27.2 Å². The van der Waals surface area contributed by atoms with E-state index in [1.807, 2.05) is 44.2 Å². The summed E-state index contributed by atoms with van der Waals surface area (Å²) >= 11 is 0. The van der Waals surface area contributed by atoms with Gasteiger partial charge in [0.25, 0.3) is 5.91 Å². The third-order valence-corrected chi connectivity index (χ3v) is 5.25. The van der Waals surface area contributed by atoms with Gasteiger partial charge in [0.2, 0.25) is 0 Å². The van der Waals surface area contributed by atoms with Crippen molar-refractivity contribution in [2.75, 3.05) is 17.2 Å². The van der Waals surface area contributed by atoms with Crippen molar-refractivity contribution in [3.8, 4) is 5.75 Å². The Bertz CT molecular complexity index is 1220. The molecule has 3 rings (SSSR count). The van der Waals surface area contributed by atoms with Gasteiger partial charge in [-0.3, -0.25) is 14.4 Å². The molecule has 3 N–H and O–H groups in total. The molecule has 8 nitrogen and oxygen atoms in total. The zero-order chi connectivity index (χ0) is 25.2. The summed E-state index contributed by atoms with van der Waals surface area (Å²) in [4.78, 5) is 36.1. The summed E-state index contributed by atoms with van der Waals surface area (Å²) in [5, 5.41) is 9.13. The van der Waals surface area contributed by atoms with E-state index < -0.39 is 11.8 Å². The third-order valence-electron chi connectivity index (χ3n) is 5.25. The Hall–Kier alpha value is -4.46. The number of hydrogen-bond donors (Lipinski definition) is 3. The maximum Gasteiger partial charge on any atom is 0.329 e. The molecule has 3 aromatic rings. The summed E-state index contributed by atoms with van der Waals surface area (Å²) in [7, 11) is 0. The molecule has 0 heterocycles. The van der Waals surface area contributed by atoms with Crippen LogP contribution in [0.15, 0.2) is 71.8 Å².